The topological polar surface area (TPSA) is 81.5 Å². The Morgan fingerprint density at radius 2 is 1.93 bits per heavy atom. The molecule has 2 aromatic heterocycles. The minimum Gasteiger partial charge on any atom is -0.370 e. The third-order valence-corrected chi connectivity index (χ3v) is 6.06. The van der Waals surface area contributed by atoms with Crippen molar-refractivity contribution in [3.63, 3.8) is 0 Å². The Labute approximate surface area is 159 Å². The second kappa shape index (κ2) is 6.42. The van der Waals surface area contributed by atoms with Crippen molar-refractivity contribution in [2.75, 3.05) is 0 Å². The molecule has 5 nitrogen and oxygen atoms in total. The van der Waals surface area contributed by atoms with Crippen molar-refractivity contribution < 1.29 is 13.7 Å². The van der Waals surface area contributed by atoms with E-state index in [-0.39, 0.29) is 12.2 Å². The van der Waals surface area contributed by atoms with Crippen LogP contribution in [0.5, 0.6) is 0 Å². The van der Waals surface area contributed by atoms with Gasteiger partial charge in [0.05, 0.1) is 23.4 Å². The molecule has 27 heavy (non-hydrogen) atoms. The molecule has 2 N–H and O–H groups in total. The number of carbonyl (C=O) groups is 1. The average molecular weight is 383 g/mol. The van der Waals surface area contributed by atoms with Crippen molar-refractivity contribution >= 4 is 23.0 Å². The summed E-state index contributed by atoms with van der Waals surface area (Å²) in [6.45, 7) is 5.97. The molecule has 0 saturated heterocycles. The number of hydrogen-bond acceptors (Lipinski definition) is 5. The van der Waals surface area contributed by atoms with Gasteiger partial charge in [0, 0.05) is 20.9 Å². The number of nitrogens with zero attached hydrogens (tertiary/aromatic N) is 2. The van der Waals surface area contributed by atoms with Gasteiger partial charge in [0.15, 0.2) is 5.76 Å². The fourth-order valence-electron chi connectivity index (χ4n) is 3.41. The van der Waals surface area contributed by atoms with Crippen LogP contribution in [0.4, 0.5) is 4.39 Å². The maximum Gasteiger partial charge on any atom is 0.220 e. The van der Waals surface area contributed by atoms with E-state index in [1.165, 1.54) is 12.1 Å². The van der Waals surface area contributed by atoms with Crippen molar-refractivity contribution in [2.45, 2.75) is 33.2 Å². The molecule has 0 bridgehead atoms. The molecule has 3 aromatic rings. The molecule has 0 fully saturated rings. The number of rotatable bonds is 3. The average Bonchev–Trinajstić information content (AvgIpc) is 3.08. The van der Waals surface area contributed by atoms with Crippen LogP contribution in [-0.4, -0.2) is 16.8 Å². The summed E-state index contributed by atoms with van der Waals surface area (Å²) in [5, 5.41) is 4.11. The van der Waals surface area contributed by atoms with E-state index in [4.69, 9.17) is 15.2 Å². The lowest BCUT2D eigenvalue weighted by atomic mass is 9.96. The largest absolute Gasteiger partial charge is 0.370 e. The highest BCUT2D eigenvalue weighted by Gasteiger charge is 2.33. The predicted octanol–water partition coefficient (Wildman–Crippen LogP) is 4.23. The molecule has 1 aliphatic rings. The van der Waals surface area contributed by atoms with Crippen molar-refractivity contribution in [1.82, 2.24) is 5.16 Å². The summed E-state index contributed by atoms with van der Waals surface area (Å²) >= 11 is 1.64. The number of primary amides is 1. The Morgan fingerprint density at radius 3 is 2.59 bits per heavy atom. The van der Waals surface area contributed by atoms with Gasteiger partial charge in [0.25, 0.3) is 0 Å². The number of benzene rings is 1. The number of thiophene rings is 1. The summed E-state index contributed by atoms with van der Waals surface area (Å²) in [4.78, 5) is 18.7. The molecule has 1 amide bonds. The van der Waals surface area contributed by atoms with E-state index >= 15 is 0 Å². The Kier molecular flexibility index (Phi) is 4.19. The van der Waals surface area contributed by atoms with Crippen LogP contribution in [0, 0.1) is 26.6 Å². The van der Waals surface area contributed by atoms with E-state index in [1.54, 1.807) is 23.5 Å². The van der Waals surface area contributed by atoms with Crippen molar-refractivity contribution in [3.05, 3.63) is 63.1 Å². The molecule has 138 valence electrons. The first-order valence-corrected chi connectivity index (χ1v) is 9.37. The van der Waals surface area contributed by atoms with Gasteiger partial charge in [-0.1, -0.05) is 5.16 Å². The zero-order valence-corrected chi connectivity index (χ0v) is 16.0. The molecule has 1 aromatic carbocycles. The molecule has 0 spiro atoms. The van der Waals surface area contributed by atoms with Gasteiger partial charge in [0.1, 0.15) is 11.9 Å². The monoisotopic (exact) mass is 383 g/mol. The van der Waals surface area contributed by atoms with Crippen LogP contribution in [-0.2, 0) is 4.79 Å². The van der Waals surface area contributed by atoms with Gasteiger partial charge in [0.2, 0.25) is 5.91 Å². The SMILES string of the molecule is Cc1noc2c1-c1sc(C)c(C)c1C(c1ccc(F)cc1)=N[C@H]2CC(N)=O. The van der Waals surface area contributed by atoms with Crippen molar-refractivity contribution in [3.8, 4) is 10.4 Å². The van der Waals surface area contributed by atoms with Crippen LogP contribution in [0.2, 0.25) is 0 Å². The number of carbonyl (C=O) groups excluding carboxylic acids is 1. The number of fused-ring (bicyclic) bond motifs is 3. The van der Waals surface area contributed by atoms with Crippen molar-refractivity contribution in [2.24, 2.45) is 10.7 Å². The van der Waals surface area contributed by atoms with Crippen LogP contribution >= 0.6 is 11.3 Å². The van der Waals surface area contributed by atoms with Gasteiger partial charge < -0.3 is 10.3 Å². The minimum absolute atomic E-state index is 0.0132. The maximum absolute atomic E-state index is 13.5. The standard InChI is InChI=1S/C20H18FN3O2S/c1-9-11(3)27-20-16(9)18(12-4-6-13(21)7-5-12)23-14(8-15(22)25)19-17(20)10(2)24-26-19/h4-7,14H,8H2,1-3H3,(H2,22,25)/t14-/m0/s1. The predicted molar refractivity (Wildman–Crippen MR) is 103 cm³/mol. The second-order valence-electron chi connectivity index (χ2n) is 6.67. The highest BCUT2D eigenvalue weighted by Crippen LogP contribution is 2.46. The number of halogens is 1. The summed E-state index contributed by atoms with van der Waals surface area (Å²) < 4.78 is 19.0. The fraction of sp³-hybridized carbons (Fsp3) is 0.250. The molecule has 4 rings (SSSR count). The quantitative estimate of drug-likeness (QED) is 0.735. The summed E-state index contributed by atoms with van der Waals surface area (Å²) in [5.74, 6) is -0.238. The Hall–Kier alpha value is -2.80. The molecular weight excluding hydrogens is 365 g/mol. The molecule has 0 radical (unpaired) electrons. The molecule has 7 heteroatoms. The van der Waals surface area contributed by atoms with Crippen LogP contribution in [0.15, 0.2) is 33.8 Å². The second-order valence-corrected chi connectivity index (χ2v) is 7.89. The lowest BCUT2D eigenvalue weighted by Crippen LogP contribution is -2.15. The van der Waals surface area contributed by atoms with Crippen LogP contribution in [0.3, 0.4) is 0 Å². The van der Waals surface area contributed by atoms with E-state index in [1.807, 2.05) is 13.8 Å². The van der Waals surface area contributed by atoms with Crippen LogP contribution < -0.4 is 5.73 Å². The number of amides is 1. The zero-order valence-electron chi connectivity index (χ0n) is 15.2. The summed E-state index contributed by atoms with van der Waals surface area (Å²) in [5.41, 5.74) is 10.7. The fourth-order valence-corrected chi connectivity index (χ4v) is 4.68. The first kappa shape index (κ1) is 17.6. The molecule has 3 heterocycles. The van der Waals surface area contributed by atoms with E-state index < -0.39 is 11.9 Å². The Morgan fingerprint density at radius 1 is 1.22 bits per heavy atom. The number of hydrogen-bond donors (Lipinski definition) is 1. The van der Waals surface area contributed by atoms with Gasteiger partial charge in [-0.3, -0.25) is 9.79 Å². The van der Waals surface area contributed by atoms with E-state index in [0.29, 0.717) is 11.5 Å². The van der Waals surface area contributed by atoms with Gasteiger partial charge in [-0.2, -0.15) is 0 Å². The zero-order chi connectivity index (χ0) is 19.3. The van der Waals surface area contributed by atoms with Gasteiger partial charge in [-0.25, -0.2) is 4.39 Å². The summed E-state index contributed by atoms with van der Waals surface area (Å²) in [7, 11) is 0. The smallest absolute Gasteiger partial charge is 0.220 e. The maximum atomic E-state index is 13.5. The minimum atomic E-state index is -0.571. The van der Waals surface area contributed by atoms with Gasteiger partial charge in [-0.15, -0.1) is 11.3 Å². The Bertz CT molecular complexity index is 1080. The summed E-state index contributed by atoms with van der Waals surface area (Å²) in [6.07, 6.45) is 0.0132. The first-order chi connectivity index (χ1) is 12.9. The van der Waals surface area contributed by atoms with E-state index in [0.717, 1.165) is 37.7 Å². The van der Waals surface area contributed by atoms with Gasteiger partial charge in [-0.05, 0) is 50.6 Å². The normalized spacial score (nSPS) is 15.7. The molecule has 0 aliphatic carbocycles. The molecule has 1 aliphatic heterocycles. The number of aryl methyl sites for hydroxylation is 2. The molecular formula is C20H18FN3O2S. The number of nitrogens with two attached hydrogens (primary N) is 1. The van der Waals surface area contributed by atoms with E-state index in [2.05, 4.69) is 12.1 Å². The number of aliphatic imine (C=N–C) groups is 1. The lowest BCUT2D eigenvalue weighted by molar-refractivity contribution is -0.118. The van der Waals surface area contributed by atoms with Crippen LogP contribution in [0.25, 0.3) is 10.4 Å². The summed E-state index contributed by atoms with van der Waals surface area (Å²) in [6, 6.07) is 5.64. The molecule has 1 atom stereocenters. The number of aromatic nitrogens is 1. The highest BCUT2D eigenvalue weighted by atomic mass is 32.1. The third kappa shape index (κ3) is 2.88. The highest BCUT2D eigenvalue weighted by molar-refractivity contribution is 7.16. The van der Waals surface area contributed by atoms with Crippen LogP contribution in [0.1, 0.15) is 45.5 Å². The van der Waals surface area contributed by atoms with Crippen molar-refractivity contribution in [1.29, 1.82) is 0 Å². The molecule has 0 unspecified atom stereocenters. The lowest BCUT2D eigenvalue weighted by Gasteiger charge is -2.11. The first-order valence-electron chi connectivity index (χ1n) is 8.55. The van der Waals surface area contributed by atoms with Gasteiger partial charge >= 0.3 is 0 Å². The third-order valence-electron chi connectivity index (χ3n) is 4.84. The van der Waals surface area contributed by atoms with E-state index in [9.17, 15) is 9.18 Å². The Balaban J connectivity index is 2.04. The molecule has 0 saturated carbocycles.